The van der Waals surface area contributed by atoms with Crippen LogP contribution in [0, 0.1) is 17.2 Å². The molecule has 0 radical (unpaired) electrons. The molecule has 9 heteroatoms. The second-order valence-electron chi connectivity index (χ2n) is 8.04. The van der Waals surface area contributed by atoms with Crippen LogP contribution in [0.25, 0.3) is 22.3 Å². The standard InChI is InChI=1S/C23H24F2N4O2S/c1-2-15-7-10-21(15)29-22(20(14-26)19-4-3-11-27-23(19)29)16-5-8-18(9-6-16)32(30,31)28-17(12-24)13-25/h3-6,8-9,11,15,17,21,28H,2,7,10,12-13H2,1H3. The van der Waals surface area contributed by atoms with Crippen LogP contribution in [0.3, 0.4) is 0 Å². The number of nitrogens with one attached hydrogen (secondary N) is 1. The van der Waals surface area contributed by atoms with Gasteiger partial charge in [-0.25, -0.2) is 26.9 Å². The maximum atomic E-state index is 12.8. The Hall–Kier alpha value is -2.83. The van der Waals surface area contributed by atoms with Crippen molar-refractivity contribution in [2.45, 2.75) is 43.2 Å². The van der Waals surface area contributed by atoms with E-state index in [0.717, 1.165) is 30.3 Å². The summed E-state index contributed by atoms with van der Waals surface area (Å²) in [7, 11) is -4.07. The summed E-state index contributed by atoms with van der Waals surface area (Å²) in [4.78, 5) is 4.46. The van der Waals surface area contributed by atoms with Gasteiger partial charge in [-0.1, -0.05) is 25.5 Å². The van der Waals surface area contributed by atoms with E-state index in [1.54, 1.807) is 24.4 Å². The highest BCUT2D eigenvalue weighted by Crippen LogP contribution is 2.46. The minimum absolute atomic E-state index is 0.0949. The van der Waals surface area contributed by atoms with Gasteiger partial charge in [0.1, 0.15) is 25.1 Å². The molecule has 1 aliphatic carbocycles. The maximum absolute atomic E-state index is 12.8. The molecule has 0 bridgehead atoms. The lowest BCUT2D eigenvalue weighted by atomic mass is 9.77. The van der Waals surface area contributed by atoms with Crippen LogP contribution < -0.4 is 4.72 Å². The SMILES string of the molecule is CCC1CCC1n1c(-c2ccc(S(=O)(=O)NC(CF)CF)cc2)c(C#N)c2cccnc21. The first-order chi connectivity index (χ1) is 15.4. The second-order valence-corrected chi connectivity index (χ2v) is 9.76. The van der Waals surface area contributed by atoms with E-state index in [1.807, 2.05) is 10.8 Å². The van der Waals surface area contributed by atoms with Crippen molar-refractivity contribution in [2.75, 3.05) is 13.3 Å². The average Bonchev–Trinajstić information content (AvgIpc) is 3.11. The van der Waals surface area contributed by atoms with Gasteiger partial charge in [-0.3, -0.25) is 0 Å². The Morgan fingerprint density at radius 1 is 1.22 bits per heavy atom. The van der Waals surface area contributed by atoms with Crippen molar-refractivity contribution in [1.29, 1.82) is 5.26 Å². The summed E-state index contributed by atoms with van der Waals surface area (Å²) in [5.41, 5.74) is 2.65. The molecule has 1 saturated carbocycles. The van der Waals surface area contributed by atoms with E-state index in [2.05, 4.69) is 22.5 Å². The molecule has 2 atom stereocenters. The van der Waals surface area contributed by atoms with E-state index in [0.29, 0.717) is 22.7 Å². The molecule has 32 heavy (non-hydrogen) atoms. The van der Waals surface area contributed by atoms with Gasteiger partial charge in [-0.15, -0.1) is 0 Å². The van der Waals surface area contributed by atoms with Gasteiger partial charge >= 0.3 is 0 Å². The monoisotopic (exact) mass is 458 g/mol. The highest BCUT2D eigenvalue weighted by Gasteiger charge is 2.35. The lowest BCUT2D eigenvalue weighted by molar-refractivity contribution is 0.182. The Morgan fingerprint density at radius 2 is 1.94 bits per heavy atom. The fourth-order valence-electron chi connectivity index (χ4n) is 4.41. The summed E-state index contributed by atoms with van der Waals surface area (Å²) in [6.07, 6.45) is 4.83. The van der Waals surface area contributed by atoms with E-state index in [-0.39, 0.29) is 10.9 Å². The van der Waals surface area contributed by atoms with E-state index in [4.69, 9.17) is 0 Å². The van der Waals surface area contributed by atoms with E-state index >= 15 is 0 Å². The van der Waals surface area contributed by atoms with Crippen molar-refractivity contribution in [3.63, 3.8) is 0 Å². The summed E-state index contributed by atoms with van der Waals surface area (Å²) in [5.74, 6) is 0.486. The Balaban J connectivity index is 1.81. The van der Waals surface area contributed by atoms with Crippen LogP contribution in [0.15, 0.2) is 47.5 Å². The Morgan fingerprint density at radius 3 is 2.50 bits per heavy atom. The van der Waals surface area contributed by atoms with Gasteiger partial charge in [0.2, 0.25) is 10.0 Å². The van der Waals surface area contributed by atoms with Gasteiger partial charge in [0.05, 0.1) is 22.2 Å². The number of nitriles is 1. The van der Waals surface area contributed by atoms with Gasteiger partial charge in [-0.05, 0) is 48.6 Å². The number of hydrogen-bond donors (Lipinski definition) is 1. The zero-order valence-electron chi connectivity index (χ0n) is 17.6. The summed E-state index contributed by atoms with van der Waals surface area (Å²) in [6, 6.07) is 10.8. The molecule has 6 nitrogen and oxygen atoms in total. The first kappa shape index (κ1) is 22.4. The molecule has 168 valence electrons. The van der Waals surface area contributed by atoms with Crippen molar-refractivity contribution in [2.24, 2.45) is 5.92 Å². The Labute approximate surface area is 185 Å². The second kappa shape index (κ2) is 8.96. The molecule has 1 aromatic carbocycles. The number of alkyl halides is 2. The lowest BCUT2D eigenvalue weighted by Gasteiger charge is -2.38. The normalized spacial score (nSPS) is 18.6. The molecule has 2 aromatic heterocycles. The first-order valence-electron chi connectivity index (χ1n) is 10.6. The molecule has 2 heterocycles. The number of benzene rings is 1. The average molecular weight is 459 g/mol. The molecule has 4 rings (SSSR count). The number of hydrogen-bond acceptors (Lipinski definition) is 4. The van der Waals surface area contributed by atoms with Crippen LogP contribution >= 0.6 is 0 Å². The molecule has 0 saturated heterocycles. The molecule has 1 aliphatic rings. The predicted molar refractivity (Wildman–Crippen MR) is 118 cm³/mol. The molecular weight excluding hydrogens is 434 g/mol. The van der Waals surface area contributed by atoms with Crippen molar-refractivity contribution in [3.8, 4) is 17.3 Å². The summed E-state index contributed by atoms with van der Waals surface area (Å²) in [6.45, 7) is -0.117. The number of rotatable bonds is 8. The molecule has 1 fully saturated rings. The van der Waals surface area contributed by atoms with Crippen LogP contribution in [-0.2, 0) is 10.0 Å². The fraction of sp³-hybridized carbons (Fsp3) is 0.391. The van der Waals surface area contributed by atoms with Crippen LogP contribution in [0.4, 0.5) is 8.78 Å². The topological polar surface area (TPSA) is 87.8 Å². The quantitative estimate of drug-likeness (QED) is 0.538. The molecule has 0 spiro atoms. The first-order valence-corrected chi connectivity index (χ1v) is 12.1. The van der Waals surface area contributed by atoms with E-state index in [1.165, 1.54) is 12.1 Å². The molecule has 1 N–H and O–H groups in total. The summed E-state index contributed by atoms with van der Waals surface area (Å²) >= 11 is 0. The highest BCUT2D eigenvalue weighted by molar-refractivity contribution is 7.89. The van der Waals surface area contributed by atoms with Crippen LogP contribution in [0.5, 0.6) is 0 Å². The van der Waals surface area contributed by atoms with Crippen LogP contribution in [-0.4, -0.2) is 37.4 Å². The Bertz CT molecular complexity index is 1260. The third kappa shape index (κ3) is 3.78. The minimum atomic E-state index is -4.07. The Kier molecular flexibility index (Phi) is 6.26. The van der Waals surface area contributed by atoms with Gasteiger partial charge in [0.25, 0.3) is 0 Å². The number of sulfonamides is 1. The number of halogens is 2. The van der Waals surface area contributed by atoms with Crippen LogP contribution in [0.2, 0.25) is 0 Å². The molecule has 0 aliphatic heterocycles. The predicted octanol–water partition coefficient (Wildman–Crippen LogP) is 4.52. The van der Waals surface area contributed by atoms with Gasteiger partial charge in [0.15, 0.2) is 0 Å². The number of aromatic nitrogens is 2. The number of nitrogens with zero attached hydrogens (tertiary/aromatic N) is 3. The van der Waals surface area contributed by atoms with Crippen molar-refractivity contribution in [3.05, 3.63) is 48.2 Å². The molecule has 2 unspecified atom stereocenters. The van der Waals surface area contributed by atoms with Crippen molar-refractivity contribution >= 4 is 21.1 Å². The van der Waals surface area contributed by atoms with Crippen molar-refractivity contribution in [1.82, 2.24) is 14.3 Å². The highest BCUT2D eigenvalue weighted by atomic mass is 32.2. The summed E-state index contributed by atoms with van der Waals surface area (Å²) < 4.78 is 54.7. The van der Waals surface area contributed by atoms with Crippen molar-refractivity contribution < 1.29 is 17.2 Å². The van der Waals surface area contributed by atoms with E-state index < -0.39 is 29.4 Å². The van der Waals surface area contributed by atoms with Gasteiger partial charge in [0, 0.05) is 17.6 Å². The fourth-order valence-corrected chi connectivity index (χ4v) is 5.60. The molecular formula is C23H24F2N4O2S. The maximum Gasteiger partial charge on any atom is 0.240 e. The van der Waals surface area contributed by atoms with Gasteiger partial charge < -0.3 is 4.57 Å². The molecule has 3 aromatic rings. The third-order valence-corrected chi connectivity index (χ3v) is 7.78. The zero-order valence-corrected chi connectivity index (χ0v) is 18.4. The zero-order chi connectivity index (χ0) is 22.9. The van der Waals surface area contributed by atoms with Gasteiger partial charge in [-0.2, -0.15) is 5.26 Å². The number of pyridine rings is 1. The lowest BCUT2D eigenvalue weighted by Crippen LogP contribution is -2.37. The number of fused-ring (bicyclic) bond motifs is 1. The summed E-state index contributed by atoms with van der Waals surface area (Å²) in [5, 5.41) is 10.7. The third-order valence-electron chi connectivity index (χ3n) is 6.24. The molecule has 0 amide bonds. The smallest absolute Gasteiger partial charge is 0.240 e. The largest absolute Gasteiger partial charge is 0.321 e. The van der Waals surface area contributed by atoms with E-state index in [9.17, 15) is 22.5 Å². The van der Waals surface area contributed by atoms with Crippen LogP contribution in [0.1, 0.15) is 37.8 Å². The minimum Gasteiger partial charge on any atom is -0.321 e.